The van der Waals surface area contributed by atoms with Crippen molar-refractivity contribution in [2.75, 3.05) is 11.9 Å². The molecule has 0 radical (unpaired) electrons. The van der Waals surface area contributed by atoms with Crippen LogP contribution < -0.4 is 5.32 Å². The molecule has 37 heavy (non-hydrogen) atoms. The highest BCUT2D eigenvalue weighted by molar-refractivity contribution is 6.12. The van der Waals surface area contributed by atoms with E-state index in [-0.39, 0.29) is 24.9 Å². The van der Waals surface area contributed by atoms with Gasteiger partial charge < -0.3 is 19.6 Å². The minimum absolute atomic E-state index is 0.110. The van der Waals surface area contributed by atoms with Gasteiger partial charge in [-0.3, -0.25) is 4.79 Å². The molecule has 4 heterocycles. The molecule has 2 atom stereocenters. The Morgan fingerprint density at radius 1 is 0.946 bits per heavy atom. The van der Waals surface area contributed by atoms with Crippen LogP contribution >= 0.6 is 0 Å². The van der Waals surface area contributed by atoms with E-state index in [0.717, 1.165) is 55.6 Å². The van der Waals surface area contributed by atoms with Gasteiger partial charge in [0, 0.05) is 39.6 Å². The summed E-state index contributed by atoms with van der Waals surface area (Å²) in [5.74, 6) is -0.471. The zero-order valence-corrected chi connectivity index (χ0v) is 21.0. The molecular formula is C31H27N3O3. The van der Waals surface area contributed by atoms with E-state index >= 15 is 0 Å². The number of amides is 1. The highest BCUT2D eigenvalue weighted by Gasteiger charge is 2.66. The summed E-state index contributed by atoms with van der Waals surface area (Å²) in [5, 5.41) is 5.20. The van der Waals surface area contributed by atoms with Gasteiger partial charge in [-0.15, -0.1) is 0 Å². The first-order valence-corrected chi connectivity index (χ1v) is 12.7. The summed E-state index contributed by atoms with van der Waals surface area (Å²) in [4.78, 5) is 32.1. The maximum absolute atomic E-state index is 14.4. The number of aromatic nitrogens is 2. The van der Waals surface area contributed by atoms with E-state index in [2.05, 4.69) is 33.9 Å². The lowest BCUT2D eigenvalue weighted by molar-refractivity contribution is -0.151. The zero-order valence-electron chi connectivity index (χ0n) is 21.0. The van der Waals surface area contributed by atoms with Gasteiger partial charge in [0.15, 0.2) is 5.54 Å². The summed E-state index contributed by atoms with van der Waals surface area (Å²) in [6.07, 6.45) is 0.232. The molecule has 7 rings (SSSR count). The average molecular weight is 490 g/mol. The van der Waals surface area contributed by atoms with Crippen LogP contribution in [0.3, 0.4) is 0 Å². The Bertz CT molecular complexity index is 1780. The quantitative estimate of drug-likeness (QED) is 0.320. The number of carbonyl (C=O) groups excluding carboxylic acids is 2. The molecular weight excluding hydrogens is 462 g/mol. The number of benzene rings is 3. The molecule has 0 saturated heterocycles. The van der Waals surface area contributed by atoms with E-state index < -0.39 is 11.0 Å². The van der Waals surface area contributed by atoms with Crippen LogP contribution in [-0.4, -0.2) is 28.0 Å². The van der Waals surface area contributed by atoms with Crippen LogP contribution in [0.15, 0.2) is 72.8 Å². The van der Waals surface area contributed by atoms with Crippen LogP contribution in [0.4, 0.5) is 5.69 Å². The molecule has 1 spiro atoms. The van der Waals surface area contributed by atoms with Crippen molar-refractivity contribution in [3.8, 4) is 0 Å². The Morgan fingerprint density at radius 3 is 2.43 bits per heavy atom. The molecule has 2 aliphatic rings. The normalized spacial score (nSPS) is 22.0. The predicted octanol–water partition coefficient (Wildman–Crippen LogP) is 5.69. The molecule has 6 nitrogen and oxygen atoms in total. The van der Waals surface area contributed by atoms with E-state index in [1.165, 1.54) is 0 Å². The van der Waals surface area contributed by atoms with Gasteiger partial charge in [-0.05, 0) is 55.7 Å². The summed E-state index contributed by atoms with van der Waals surface area (Å²) in [6, 6.07) is 24.0. The molecule has 1 unspecified atom stereocenters. The largest absolute Gasteiger partial charge is 0.464 e. The van der Waals surface area contributed by atoms with Gasteiger partial charge >= 0.3 is 5.97 Å². The first-order valence-electron chi connectivity index (χ1n) is 12.7. The Morgan fingerprint density at radius 2 is 1.65 bits per heavy atom. The van der Waals surface area contributed by atoms with Crippen molar-refractivity contribution in [1.82, 2.24) is 9.55 Å². The fraction of sp³-hybridized carbons (Fsp3) is 0.226. The van der Waals surface area contributed by atoms with Gasteiger partial charge in [0.25, 0.3) is 0 Å². The number of anilines is 1. The third-order valence-electron chi connectivity index (χ3n) is 8.45. The number of nitrogens with zero attached hydrogens (tertiary/aromatic N) is 1. The molecule has 184 valence electrons. The van der Waals surface area contributed by atoms with E-state index in [1.54, 1.807) is 0 Å². The number of aromatic amines is 1. The Hall–Kier alpha value is -4.32. The van der Waals surface area contributed by atoms with Crippen LogP contribution in [0, 0.1) is 13.8 Å². The minimum Gasteiger partial charge on any atom is -0.464 e. The lowest BCUT2D eigenvalue weighted by atomic mass is 9.71. The van der Waals surface area contributed by atoms with Crippen molar-refractivity contribution >= 4 is 39.4 Å². The topological polar surface area (TPSA) is 76.1 Å². The molecule has 0 bridgehead atoms. The summed E-state index contributed by atoms with van der Waals surface area (Å²) < 4.78 is 7.97. The predicted molar refractivity (Wildman–Crippen MR) is 144 cm³/mol. The number of rotatable bonds is 3. The molecule has 2 N–H and O–H groups in total. The number of hydrogen-bond donors (Lipinski definition) is 2. The summed E-state index contributed by atoms with van der Waals surface area (Å²) >= 11 is 0. The number of para-hydroxylation sites is 3. The van der Waals surface area contributed by atoms with E-state index in [1.807, 2.05) is 74.5 Å². The summed E-state index contributed by atoms with van der Waals surface area (Å²) in [7, 11) is 0. The second-order valence-corrected chi connectivity index (χ2v) is 10.2. The molecule has 0 aliphatic carbocycles. The lowest BCUT2D eigenvalue weighted by Gasteiger charge is -2.31. The second-order valence-electron chi connectivity index (χ2n) is 10.2. The standard InChI is InChI=1S/C31H27N3O3/c1-4-37-29(36)31(26-18(2)20-11-5-8-14-23(20)32-26)17-30(22-13-7-9-15-24(22)33-28(30)35)27-19(3)21-12-6-10-16-25(21)34(27)31/h5-16,32H,4,17H2,1-3H3,(H,33,35)/t30?,31-/m1/s1. The maximum atomic E-state index is 14.4. The van der Waals surface area contributed by atoms with Gasteiger partial charge in [-0.25, -0.2) is 4.79 Å². The number of nitrogens with one attached hydrogen (secondary N) is 2. The first kappa shape index (κ1) is 21.9. The monoisotopic (exact) mass is 489 g/mol. The van der Waals surface area contributed by atoms with Crippen LogP contribution in [0.25, 0.3) is 21.8 Å². The molecule has 2 aliphatic heterocycles. The van der Waals surface area contributed by atoms with Crippen LogP contribution in [0.5, 0.6) is 0 Å². The molecule has 1 amide bonds. The fourth-order valence-corrected chi connectivity index (χ4v) is 6.99. The van der Waals surface area contributed by atoms with Crippen molar-refractivity contribution in [3.05, 3.63) is 101 Å². The average Bonchev–Trinajstić information content (AvgIpc) is 3.60. The van der Waals surface area contributed by atoms with Gasteiger partial charge in [0.2, 0.25) is 5.91 Å². The Balaban J connectivity index is 1.68. The van der Waals surface area contributed by atoms with Gasteiger partial charge in [-0.2, -0.15) is 0 Å². The number of fused-ring (bicyclic) bond motifs is 7. The van der Waals surface area contributed by atoms with Crippen molar-refractivity contribution in [2.24, 2.45) is 0 Å². The maximum Gasteiger partial charge on any atom is 0.338 e. The third-order valence-corrected chi connectivity index (χ3v) is 8.45. The molecule has 2 aromatic heterocycles. The third kappa shape index (κ3) is 2.50. The molecule has 5 aromatic rings. The second kappa shape index (κ2) is 7.35. The summed E-state index contributed by atoms with van der Waals surface area (Å²) in [6.45, 7) is 6.17. The summed E-state index contributed by atoms with van der Waals surface area (Å²) in [5.41, 5.74) is 4.83. The fourth-order valence-electron chi connectivity index (χ4n) is 6.99. The first-order chi connectivity index (χ1) is 17.9. The van der Waals surface area contributed by atoms with Crippen molar-refractivity contribution in [1.29, 1.82) is 0 Å². The number of esters is 1. The number of hydrogen-bond acceptors (Lipinski definition) is 3. The molecule has 6 heteroatoms. The highest BCUT2D eigenvalue weighted by atomic mass is 16.5. The highest BCUT2D eigenvalue weighted by Crippen LogP contribution is 2.60. The van der Waals surface area contributed by atoms with Crippen LogP contribution in [0.2, 0.25) is 0 Å². The zero-order chi connectivity index (χ0) is 25.5. The number of ether oxygens (including phenoxy) is 1. The van der Waals surface area contributed by atoms with Crippen molar-refractivity contribution < 1.29 is 14.3 Å². The lowest BCUT2D eigenvalue weighted by Crippen LogP contribution is -2.45. The molecule has 0 saturated carbocycles. The molecule has 0 fully saturated rings. The SMILES string of the molecule is CCOC(=O)[C@]1(c2[nH]c3ccccc3c2C)CC2(C(=O)Nc3ccccc32)c2c(C)c3ccccc3n21. The van der Waals surface area contributed by atoms with Crippen LogP contribution in [0.1, 0.15) is 41.4 Å². The minimum atomic E-state index is -1.27. The Labute approximate surface area is 214 Å². The van der Waals surface area contributed by atoms with E-state index in [9.17, 15) is 9.59 Å². The number of carbonyl (C=O) groups is 2. The number of H-pyrrole nitrogens is 1. The van der Waals surface area contributed by atoms with Crippen molar-refractivity contribution in [3.63, 3.8) is 0 Å². The Kier molecular flexibility index (Phi) is 4.36. The van der Waals surface area contributed by atoms with Gasteiger partial charge in [0.1, 0.15) is 5.41 Å². The molecule has 3 aromatic carbocycles. The van der Waals surface area contributed by atoms with Crippen molar-refractivity contribution in [2.45, 2.75) is 38.1 Å². The van der Waals surface area contributed by atoms with Gasteiger partial charge in [0.05, 0.1) is 12.3 Å². The van der Waals surface area contributed by atoms with Crippen LogP contribution in [-0.2, 0) is 25.3 Å². The van der Waals surface area contributed by atoms with E-state index in [0.29, 0.717) is 0 Å². The van der Waals surface area contributed by atoms with E-state index in [4.69, 9.17) is 4.74 Å². The van der Waals surface area contributed by atoms with Gasteiger partial charge in [-0.1, -0.05) is 54.6 Å². The number of aryl methyl sites for hydroxylation is 2. The smallest absolute Gasteiger partial charge is 0.338 e.